The highest BCUT2D eigenvalue weighted by Gasteiger charge is 2.36. The van der Waals surface area contributed by atoms with Gasteiger partial charge >= 0.3 is 0 Å². The van der Waals surface area contributed by atoms with Crippen molar-refractivity contribution < 1.29 is 4.48 Å². The van der Waals surface area contributed by atoms with Crippen molar-refractivity contribution in [3.63, 3.8) is 0 Å². The molecule has 0 aromatic heterocycles. The van der Waals surface area contributed by atoms with Crippen LogP contribution in [0.15, 0.2) is 0 Å². The van der Waals surface area contributed by atoms with Crippen molar-refractivity contribution in [2.45, 2.75) is 52.5 Å². The van der Waals surface area contributed by atoms with Crippen LogP contribution < -0.4 is 0 Å². The maximum atomic E-state index is 5.84. The first kappa shape index (κ1) is 16.5. The fourth-order valence-corrected chi connectivity index (χ4v) is 2.53. The smallest absolute Gasteiger partial charge is 0.0992 e. The minimum Gasteiger partial charge on any atom is -0.324 e. The number of rotatable bonds is 3. The van der Waals surface area contributed by atoms with E-state index in [2.05, 4.69) is 20.9 Å². The zero-order valence-electron chi connectivity index (χ0n) is 11.4. The Bertz CT molecular complexity index is 187. The third-order valence-corrected chi connectivity index (χ3v) is 4.04. The van der Waals surface area contributed by atoms with E-state index in [1.54, 1.807) is 0 Å². The third kappa shape index (κ3) is 5.22. The van der Waals surface area contributed by atoms with E-state index in [0.29, 0.717) is 0 Å². The molecule has 1 aliphatic heterocycles. The second-order valence-corrected chi connectivity index (χ2v) is 6.18. The fraction of sp³-hybridized carbons (Fsp3) is 1.00. The van der Waals surface area contributed by atoms with E-state index < -0.39 is 0 Å². The summed E-state index contributed by atoms with van der Waals surface area (Å²) in [4.78, 5) is 0. The number of hydrogen-bond donors (Lipinski definition) is 0. The molecular formula is C12H27Cl2N2+. The molecule has 0 aromatic rings. The molecule has 2 nitrogen and oxygen atoms in total. The van der Waals surface area contributed by atoms with Gasteiger partial charge in [-0.05, 0) is 56.7 Å². The normalized spacial score (nSPS) is 20.2. The lowest BCUT2D eigenvalue weighted by Gasteiger charge is -2.43. The molecule has 0 bridgehead atoms. The van der Waals surface area contributed by atoms with Crippen LogP contribution >= 0.6 is 23.6 Å². The standard InChI is InChI=1S/C10H21Cl2N2.C2H6/c1-10(2,13(11)12)9-14(3)7-5-4-6-8-14;1-2/h4-9H2,1-3H3;1-2H3/q+1;. The molecule has 0 unspecified atom stereocenters. The molecule has 1 fully saturated rings. The third-order valence-electron chi connectivity index (χ3n) is 3.12. The lowest BCUT2D eigenvalue weighted by atomic mass is 10.0. The Morgan fingerprint density at radius 1 is 1.06 bits per heavy atom. The summed E-state index contributed by atoms with van der Waals surface area (Å²) < 4.78 is 2.40. The predicted molar refractivity (Wildman–Crippen MR) is 73.6 cm³/mol. The van der Waals surface area contributed by atoms with Gasteiger partial charge in [0.2, 0.25) is 0 Å². The van der Waals surface area contributed by atoms with E-state index in [1.807, 2.05) is 13.8 Å². The second-order valence-electron chi connectivity index (χ2n) is 5.33. The van der Waals surface area contributed by atoms with E-state index in [4.69, 9.17) is 23.6 Å². The van der Waals surface area contributed by atoms with Crippen LogP contribution in [0.2, 0.25) is 0 Å². The molecule has 1 saturated heterocycles. The molecular weight excluding hydrogens is 243 g/mol. The van der Waals surface area contributed by atoms with Crippen molar-refractivity contribution in [3.8, 4) is 0 Å². The number of nitrogens with zero attached hydrogens (tertiary/aromatic N) is 2. The average molecular weight is 270 g/mol. The molecule has 4 heteroatoms. The zero-order chi connectivity index (χ0) is 12.8. The lowest BCUT2D eigenvalue weighted by molar-refractivity contribution is -0.917. The first-order valence-corrected chi connectivity index (χ1v) is 6.99. The van der Waals surface area contributed by atoms with Crippen molar-refractivity contribution in [2.75, 3.05) is 26.7 Å². The molecule has 0 saturated carbocycles. The first-order valence-electron chi connectivity index (χ1n) is 6.31. The summed E-state index contributed by atoms with van der Waals surface area (Å²) in [6.45, 7) is 11.7. The summed E-state index contributed by atoms with van der Waals surface area (Å²) in [5, 5.41) is 0. The molecule has 0 atom stereocenters. The van der Waals surface area contributed by atoms with Gasteiger partial charge in [0.15, 0.2) is 0 Å². The Hall–Kier alpha value is 0.500. The lowest BCUT2D eigenvalue weighted by Crippen LogP contribution is -2.57. The Labute approximate surface area is 111 Å². The van der Waals surface area contributed by atoms with Crippen LogP contribution in [0.1, 0.15) is 47.0 Å². The van der Waals surface area contributed by atoms with Crippen LogP contribution in [0.5, 0.6) is 0 Å². The van der Waals surface area contributed by atoms with E-state index >= 15 is 0 Å². The van der Waals surface area contributed by atoms with Gasteiger partial charge in [0, 0.05) is 0 Å². The quantitative estimate of drug-likeness (QED) is 0.553. The highest BCUT2D eigenvalue weighted by atomic mass is 35.5. The zero-order valence-corrected chi connectivity index (χ0v) is 12.9. The van der Waals surface area contributed by atoms with Gasteiger partial charge in [-0.15, -0.1) is 3.94 Å². The van der Waals surface area contributed by atoms with Gasteiger partial charge < -0.3 is 4.48 Å². The highest BCUT2D eigenvalue weighted by molar-refractivity contribution is 6.34. The maximum Gasteiger partial charge on any atom is 0.0992 e. The van der Waals surface area contributed by atoms with Gasteiger partial charge in [0.25, 0.3) is 0 Å². The van der Waals surface area contributed by atoms with Crippen LogP contribution in [0.3, 0.4) is 0 Å². The van der Waals surface area contributed by atoms with Crippen LogP contribution in [-0.2, 0) is 0 Å². The Kier molecular flexibility index (Phi) is 7.27. The molecule has 0 radical (unpaired) electrons. The van der Waals surface area contributed by atoms with Gasteiger partial charge in [0.05, 0.1) is 32.2 Å². The number of halogens is 2. The molecule has 1 heterocycles. The number of likely N-dealkylation sites (tertiary alicyclic amines) is 1. The SMILES string of the molecule is CC.CC(C)(C[N+]1(C)CCCCC1)N(Cl)Cl. The van der Waals surface area contributed by atoms with Crippen molar-refractivity contribution in [1.29, 1.82) is 0 Å². The van der Waals surface area contributed by atoms with Crippen LogP contribution in [0.4, 0.5) is 0 Å². The number of piperidine rings is 1. The Morgan fingerprint density at radius 2 is 1.50 bits per heavy atom. The van der Waals surface area contributed by atoms with Crippen molar-refractivity contribution in [1.82, 2.24) is 3.94 Å². The van der Waals surface area contributed by atoms with Crippen molar-refractivity contribution >= 4 is 23.6 Å². The maximum absolute atomic E-state index is 5.84. The molecule has 1 aliphatic rings. The summed E-state index contributed by atoms with van der Waals surface area (Å²) >= 11 is 11.7. The van der Waals surface area contributed by atoms with Crippen LogP contribution in [-0.4, -0.2) is 40.6 Å². The number of quaternary nitrogens is 1. The summed E-state index contributed by atoms with van der Waals surface area (Å²) in [5.74, 6) is 0. The van der Waals surface area contributed by atoms with E-state index in [1.165, 1.54) is 36.3 Å². The predicted octanol–water partition coefficient (Wildman–Crippen LogP) is 4.03. The topological polar surface area (TPSA) is 3.24 Å². The molecule has 0 aliphatic carbocycles. The average Bonchev–Trinajstić information content (AvgIpc) is 2.20. The second kappa shape index (κ2) is 7.05. The first-order chi connectivity index (χ1) is 7.36. The summed E-state index contributed by atoms with van der Waals surface area (Å²) in [6, 6.07) is 0. The molecule has 98 valence electrons. The van der Waals surface area contributed by atoms with Crippen molar-refractivity contribution in [2.24, 2.45) is 0 Å². The molecule has 16 heavy (non-hydrogen) atoms. The summed E-state index contributed by atoms with van der Waals surface area (Å²) in [7, 11) is 2.30. The van der Waals surface area contributed by atoms with E-state index in [0.717, 1.165) is 11.0 Å². The van der Waals surface area contributed by atoms with Gasteiger partial charge in [0.1, 0.15) is 0 Å². The largest absolute Gasteiger partial charge is 0.324 e. The fourth-order valence-electron chi connectivity index (χ4n) is 2.42. The van der Waals surface area contributed by atoms with Crippen LogP contribution in [0.25, 0.3) is 0 Å². The van der Waals surface area contributed by atoms with Gasteiger partial charge in [-0.25, -0.2) is 0 Å². The van der Waals surface area contributed by atoms with Gasteiger partial charge in [-0.2, -0.15) is 0 Å². The summed E-state index contributed by atoms with van der Waals surface area (Å²) in [6.07, 6.45) is 4.04. The molecule has 0 spiro atoms. The number of likely N-dealkylation sites (N-methyl/N-ethyl adjacent to an activating group) is 1. The van der Waals surface area contributed by atoms with E-state index in [9.17, 15) is 0 Å². The molecule has 0 amide bonds. The molecule has 0 aromatic carbocycles. The monoisotopic (exact) mass is 269 g/mol. The molecule has 1 rings (SSSR count). The number of hydrogen-bond acceptors (Lipinski definition) is 1. The summed E-state index contributed by atoms with van der Waals surface area (Å²) in [5.41, 5.74) is -0.144. The minimum atomic E-state index is -0.144. The Morgan fingerprint density at radius 3 is 1.88 bits per heavy atom. The minimum absolute atomic E-state index is 0.144. The Balaban J connectivity index is 0.00000106. The van der Waals surface area contributed by atoms with Crippen molar-refractivity contribution in [3.05, 3.63) is 0 Å². The van der Waals surface area contributed by atoms with Gasteiger partial charge in [-0.1, -0.05) is 13.8 Å². The molecule has 0 N–H and O–H groups in total. The van der Waals surface area contributed by atoms with E-state index in [-0.39, 0.29) is 5.54 Å². The van der Waals surface area contributed by atoms with Crippen LogP contribution in [0, 0.1) is 0 Å². The van der Waals surface area contributed by atoms with Gasteiger partial charge in [-0.3, -0.25) is 0 Å². The highest BCUT2D eigenvalue weighted by Crippen LogP contribution is 2.26.